The second kappa shape index (κ2) is 12.3. The number of aryl methyl sites for hydroxylation is 1. The second-order valence-electron chi connectivity index (χ2n) is 8.30. The summed E-state index contributed by atoms with van der Waals surface area (Å²) in [5.41, 5.74) is 0.944. The fourth-order valence-corrected chi connectivity index (χ4v) is 3.54. The topological polar surface area (TPSA) is 164 Å². The highest BCUT2D eigenvalue weighted by atomic mass is 16.6. The summed E-state index contributed by atoms with van der Waals surface area (Å²) < 4.78 is 10.7. The molecule has 1 saturated carbocycles. The summed E-state index contributed by atoms with van der Waals surface area (Å²) >= 11 is 0. The number of phenols is 2. The first-order valence-electron chi connectivity index (χ1n) is 11.3. The van der Waals surface area contributed by atoms with Crippen LogP contribution in [-0.2, 0) is 30.4 Å². The molecule has 0 aliphatic heterocycles. The minimum absolute atomic E-state index is 0.0227. The highest BCUT2D eigenvalue weighted by Crippen LogP contribution is 2.31. The molecule has 3 N–H and O–H groups in total. The number of rotatable bonds is 9. The number of allylic oxidation sites excluding steroid dienone is 1. The van der Waals surface area contributed by atoms with Crippen molar-refractivity contribution in [1.29, 1.82) is 0 Å². The van der Waals surface area contributed by atoms with Crippen LogP contribution in [0, 0.1) is 5.92 Å². The Balaban J connectivity index is 1.70. The third kappa shape index (κ3) is 8.17. The molecule has 0 radical (unpaired) electrons. The lowest BCUT2D eigenvalue weighted by Gasteiger charge is -2.15. The molecular formula is C27H24O10. The van der Waals surface area contributed by atoms with Gasteiger partial charge in [0.25, 0.3) is 0 Å². The number of carbonyl (C=O) groups is 5. The molecule has 3 rings (SSSR count). The van der Waals surface area contributed by atoms with E-state index in [-0.39, 0.29) is 54.6 Å². The van der Waals surface area contributed by atoms with Crippen LogP contribution in [0.2, 0.25) is 0 Å². The van der Waals surface area contributed by atoms with Crippen LogP contribution >= 0.6 is 0 Å². The maximum absolute atomic E-state index is 12.5. The molecule has 10 nitrogen and oxygen atoms in total. The minimum atomic E-state index is -1.18. The molecule has 1 aliphatic carbocycles. The van der Waals surface area contributed by atoms with E-state index in [1.807, 2.05) is 0 Å². The maximum atomic E-state index is 12.5. The average Bonchev–Trinajstić information content (AvgIpc) is 2.85. The van der Waals surface area contributed by atoms with E-state index < -0.39 is 29.5 Å². The van der Waals surface area contributed by atoms with Gasteiger partial charge in [0.1, 0.15) is 0 Å². The van der Waals surface area contributed by atoms with Crippen LogP contribution in [0.15, 0.2) is 54.6 Å². The van der Waals surface area contributed by atoms with E-state index in [0.29, 0.717) is 17.5 Å². The number of ether oxygens (including phenoxy) is 2. The lowest BCUT2D eigenvalue weighted by molar-refractivity contribution is -0.138. The Bertz CT molecular complexity index is 1290. The number of aliphatic carboxylic acids is 1. The van der Waals surface area contributed by atoms with Gasteiger partial charge in [-0.05, 0) is 60.2 Å². The zero-order chi connectivity index (χ0) is 26.9. The van der Waals surface area contributed by atoms with E-state index in [1.54, 1.807) is 0 Å². The van der Waals surface area contributed by atoms with Crippen molar-refractivity contribution in [3.05, 3.63) is 65.8 Å². The molecule has 0 spiro atoms. The molecule has 0 saturated heterocycles. The highest BCUT2D eigenvalue weighted by Gasteiger charge is 2.25. The van der Waals surface area contributed by atoms with E-state index in [0.717, 1.165) is 12.2 Å². The van der Waals surface area contributed by atoms with Crippen LogP contribution in [0.4, 0.5) is 0 Å². The van der Waals surface area contributed by atoms with E-state index in [1.165, 1.54) is 48.6 Å². The van der Waals surface area contributed by atoms with Crippen molar-refractivity contribution < 1.29 is 48.8 Å². The highest BCUT2D eigenvalue weighted by molar-refractivity contribution is 6.37. The molecule has 1 aliphatic rings. The molecule has 2 aromatic rings. The molecule has 0 heterocycles. The van der Waals surface area contributed by atoms with Crippen molar-refractivity contribution in [3.8, 4) is 23.0 Å². The van der Waals surface area contributed by atoms with Crippen molar-refractivity contribution in [2.75, 3.05) is 0 Å². The molecule has 0 bridgehead atoms. The summed E-state index contributed by atoms with van der Waals surface area (Å²) in [4.78, 5) is 58.6. The van der Waals surface area contributed by atoms with Gasteiger partial charge in [-0.25, -0.2) is 9.59 Å². The lowest BCUT2D eigenvalue weighted by Crippen LogP contribution is -2.23. The fourth-order valence-electron chi connectivity index (χ4n) is 3.54. The molecule has 1 unspecified atom stereocenters. The maximum Gasteiger partial charge on any atom is 0.335 e. The predicted octanol–water partition coefficient (Wildman–Crippen LogP) is 3.13. The third-order valence-corrected chi connectivity index (χ3v) is 5.48. The van der Waals surface area contributed by atoms with Gasteiger partial charge in [0, 0.05) is 31.4 Å². The molecule has 0 aromatic heterocycles. The number of carbonyl (C=O) groups excluding carboxylic acids is 4. The molecule has 2 aromatic carbocycles. The van der Waals surface area contributed by atoms with Gasteiger partial charge in [0.15, 0.2) is 34.6 Å². The first-order chi connectivity index (χ1) is 17.6. The summed E-state index contributed by atoms with van der Waals surface area (Å²) in [7, 11) is 0. The van der Waals surface area contributed by atoms with Crippen molar-refractivity contribution in [2.24, 2.45) is 5.92 Å². The second-order valence-corrected chi connectivity index (χ2v) is 8.30. The van der Waals surface area contributed by atoms with Crippen LogP contribution < -0.4 is 9.47 Å². The number of carboxylic acid groups (broad SMARTS) is 1. The zero-order valence-electron chi connectivity index (χ0n) is 19.6. The van der Waals surface area contributed by atoms with Crippen LogP contribution in [0.25, 0.3) is 6.08 Å². The number of benzene rings is 2. The monoisotopic (exact) mass is 508 g/mol. The van der Waals surface area contributed by atoms with Gasteiger partial charge in [-0.3, -0.25) is 14.4 Å². The summed E-state index contributed by atoms with van der Waals surface area (Å²) in [6.45, 7) is 0. The minimum Gasteiger partial charge on any atom is -0.504 e. The number of Topliss-reactive ketones (excluding diaryl/α,β-unsaturated/α-hetero) is 2. The Kier molecular flexibility index (Phi) is 8.93. The van der Waals surface area contributed by atoms with E-state index in [9.17, 15) is 34.2 Å². The molecule has 1 atom stereocenters. The normalized spacial score (nSPS) is 15.7. The predicted molar refractivity (Wildman–Crippen MR) is 129 cm³/mol. The molecule has 192 valence electrons. The van der Waals surface area contributed by atoms with Crippen molar-refractivity contribution in [3.63, 3.8) is 0 Å². The number of ketones is 2. The number of esters is 2. The molecule has 1 fully saturated rings. The molecule has 10 heteroatoms. The van der Waals surface area contributed by atoms with Gasteiger partial charge >= 0.3 is 17.9 Å². The quantitative estimate of drug-likeness (QED) is 0.151. The Labute approximate surface area is 211 Å². The van der Waals surface area contributed by atoms with E-state index in [4.69, 9.17) is 14.6 Å². The summed E-state index contributed by atoms with van der Waals surface area (Å²) in [5, 5.41) is 27.8. The standard InChI is InChI=1S/C27H24O10/c28-19-7-1-16(13-21(19)30)5-11-26(34)36-23-9-3-18(4-10-25(32)33)15-24(23)37-27(35)12-6-17-2-8-20(29)22(31)14-17/h2-5,8-11,14-16,29,31H,1,6-7,12-13H2,(H,32,33). The Morgan fingerprint density at radius 2 is 1.70 bits per heavy atom. The number of carboxylic acids is 1. The number of phenolic OH excluding ortho intramolecular Hbond substituents is 2. The van der Waals surface area contributed by atoms with Crippen LogP contribution in [-0.4, -0.2) is 44.8 Å². The van der Waals surface area contributed by atoms with Crippen LogP contribution in [0.5, 0.6) is 23.0 Å². The molecular weight excluding hydrogens is 484 g/mol. The lowest BCUT2D eigenvalue weighted by atomic mass is 9.87. The van der Waals surface area contributed by atoms with Gasteiger partial charge in [-0.2, -0.15) is 0 Å². The van der Waals surface area contributed by atoms with E-state index in [2.05, 4.69) is 0 Å². The largest absolute Gasteiger partial charge is 0.504 e. The Morgan fingerprint density at radius 1 is 0.919 bits per heavy atom. The van der Waals surface area contributed by atoms with Gasteiger partial charge in [0.05, 0.1) is 0 Å². The van der Waals surface area contributed by atoms with Crippen molar-refractivity contribution in [2.45, 2.75) is 32.1 Å². The van der Waals surface area contributed by atoms with Gasteiger partial charge in [-0.15, -0.1) is 0 Å². The number of hydrogen-bond acceptors (Lipinski definition) is 9. The summed E-state index contributed by atoms with van der Waals surface area (Å²) in [6.07, 6.45) is 5.46. The Morgan fingerprint density at radius 3 is 2.41 bits per heavy atom. The van der Waals surface area contributed by atoms with Gasteiger partial charge in [-0.1, -0.05) is 18.2 Å². The Hall–Kier alpha value is -4.73. The van der Waals surface area contributed by atoms with Gasteiger partial charge in [0.2, 0.25) is 0 Å². The SMILES string of the molecule is O=C(O)C=Cc1ccc(OC(=O)C=CC2CCC(=O)C(=O)C2)c(OC(=O)CCc2ccc(O)c(O)c2)c1. The molecule has 0 amide bonds. The summed E-state index contributed by atoms with van der Waals surface area (Å²) in [5.74, 6) is -4.65. The van der Waals surface area contributed by atoms with Crippen LogP contribution in [0.3, 0.4) is 0 Å². The average molecular weight is 508 g/mol. The smallest absolute Gasteiger partial charge is 0.335 e. The fraction of sp³-hybridized carbons (Fsp3) is 0.222. The zero-order valence-corrected chi connectivity index (χ0v) is 19.6. The first kappa shape index (κ1) is 26.9. The van der Waals surface area contributed by atoms with E-state index >= 15 is 0 Å². The summed E-state index contributed by atoms with van der Waals surface area (Å²) in [6, 6.07) is 8.29. The first-order valence-corrected chi connectivity index (χ1v) is 11.3. The number of hydrogen-bond donors (Lipinski definition) is 3. The molecule has 37 heavy (non-hydrogen) atoms. The van der Waals surface area contributed by atoms with Crippen LogP contribution in [0.1, 0.15) is 36.8 Å². The van der Waals surface area contributed by atoms with Crippen molar-refractivity contribution in [1.82, 2.24) is 0 Å². The van der Waals surface area contributed by atoms with Gasteiger partial charge < -0.3 is 24.8 Å². The number of aromatic hydroxyl groups is 2. The third-order valence-electron chi connectivity index (χ3n) is 5.48. The van der Waals surface area contributed by atoms with Crippen molar-refractivity contribution >= 4 is 35.6 Å².